The molecular weight excluding hydrogens is 494 g/mol. The van der Waals surface area contributed by atoms with Gasteiger partial charge in [-0.3, -0.25) is 9.48 Å². The minimum atomic E-state index is -3.62. The van der Waals surface area contributed by atoms with Crippen molar-refractivity contribution >= 4 is 21.7 Å². The van der Waals surface area contributed by atoms with E-state index in [1.54, 1.807) is 11.6 Å². The maximum absolute atomic E-state index is 13.2. The maximum atomic E-state index is 13.2. The van der Waals surface area contributed by atoms with Crippen LogP contribution in [-0.4, -0.2) is 60.7 Å². The number of amides is 1. The van der Waals surface area contributed by atoms with Crippen molar-refractivity contribution in [2.75, 3.05) is 25.5 Å². The van der Waals surface area contributed by atoms with Gasteiger partial charge in [0.1, 0.15) is 5.69 Å². The number of nitrogens with one attached hydrogen (secondary N) is 1. The van der Waals surface area contributed by atoms with Gasteiger partial charge in [0.05, 0.1) is 21.9 Å². The van der Waals surface area contributed by atoms with Gasteiger partial charge in [-0.05, 0) is 67.6 Å². The lowest BCUT2D eigenvalue weighted by molar-refractivity contribution is 0.0160. The van der Waals surface area contributed by atoms with Gasteiger partial charge in [-0.2, -0.15) is 5.10 Å². The summed E-state index contributed by atoms with van der Waals surface area (Å²) < 4.78 is 33.1. The van der Waals surface area contributed by atoms with E-state index in [-0.39, 0.29) is 34.0 Å². The lowest BCUT2D eigenvalue weighted by atomic mass is 9.74. The van der Waals surface area contributed by atoms with Crippen LogP contribution in [0.15, 0.2) is 23.1 Å². The molecule has 1 spiro atoms. The van der Waals surface area contributed by atoms with Gasteiger partial charge in [0.15, 0.2) is 9.84 Å². The zero-order valence-electron chi connectivity index (χ0n) is 22.1. The Bertz CT molecular complexity index is 1310. The van der Waals surface area contributed by atoms with Crippen molar-refractivity contribution in [3.8, 4) is 0 Å². The fraction of sp³-hybridized carbons (Fsp3) is 0.593. The van der Waals surface area contributed by atoms with E-state index in [4.69, 9.17) is 9.84 Å². The number of carbonyl (C=O) groups is 2. The molecule has 3 heterocycles. The maximum Gasteiger partial charge on any atom is 0.336 e. The first-order valence-corrected chi connectivity index (χ1v) is 14.6. The van der Waals surface area contributed by atoms with Crippen molar-refractivity contribution in [1.29, 1.82) is 0 Å². The van der Waals surface area contributed by atoms with Crippen LogP contribution in [0.2, 0.25) is 0 Å². The Balaban J connectivity index is 1.75. The molecule has 2 aliphatic rings. The molecule has 2 aliphatic heterocycles. The van der Waals surface area contributed by atoms with Crippen LogP contribution in [0.5, 0.6) is 0 Å². The molecule has 2 aromatic rings. The minimum Gasteiger partial charge on any atom is -0.478 e. The van der Waals surface area contributed by atoms with Gasteiger partial charge in [0.2, 0.25) is 0 Å². The molecule has 4 rings (SSSR count). The minimum absolute atomic E-state index is 0.000975. The molecule has 0 bridgehead atoms. The van der Waals surface area contributed by atoms with Gasteiger partial charge in [0, 0.05) is 31.9 Å². The number of rotatable bonds is 8. The second kappa shape index (κ2) is 10.2. The smallest absolute Gasteiger partial charge is 0.336 e. The van der Waals surface area contributed by atoms with Gasteiger partial charge in [0.25, 0.3) is 5.91 Å². The number of carbonyl (C=O) groups excluding carboxylic acids is 1. The Hall–Kier alpha value is -2.72. The average Bonchev–Trinajstić information content (AvgIpc) is 3.11. The van der Waals surface area contributed by atoms with Crippen LogP contribution in [0.4, 0.5) is 0 Å². The highest BCUT2D eigenvalue weighted by atomic mass is 32.2. The molecule has 1 saturated heterocycles. The van der Waals surface area contributed by atoms with Crippen molar-refractivity contribution in [2.24, 2.45) is 10.8 Å². The van der Waals surface area contributed by atoms with Crippen LogP contribution in [0.3, 0.4) is 0 Å². The SMILES string of the molecule is CCn1nc(CC(C)(C)Cc2c(C(=O)O)cccc2S(=O)(=O)CC)c2c1C(=O)NCC1(CCOCC1)C2. The van der Waals surface area contributed by atoms with E-state index in [2.05, 4.69) is 5.32 Å². The number of aryl methyl sites for hydroxylation is 1. The molecule has 37 heavy (non-hydrogen) atoms. The van der Waals surface area contributed by atoms with Gasteiger partial charge >= 0.3 is 5.97 Å². The van der Waals surface area contributed by atoms with E-state index in [0.29, 0.717) is 44.0 Å². The van der Waals surface area contributed by atoms with Crippen molar-refractivity contribution in [1.82, 2.24) is 15.1 Å². The Labute approximate surface area is 218 Å². The first-order chi connectivity index (χ1) is 17.4. The van der Waals surface area contributed by atoms with Crippen molar-refractivity contribution in [3.05, 3.63) is 46.3 Å². The molecule has 10 heteroatoms. The summed E-state index contributed by atoms with van der Waals surface area (Å²) in [7, 11) is -3.62. The Kier molecular flexibility index (Phi) is 7.54. The van der Waals surface area contributed by atoms with Crippen LogP contribution >= 0.6 is 0 Å². The lowest BCUT2D eigenvalue weighted by Crippen LogP contribution is -2.40. The second-order valence-electron chi connectivity index (χ2n) is 11.1. The van der Waals surface area contributed by atoms with Gasteiger partial charge in [-0.25, -0.2) is 13.2 Å². The summed E-state index contributed by atoms with van der Waals surface area (Å²) in [6.45, 7) is 9.96. The number of fused-ring (bicyclic) bond motifs is 1. The third kappa shape index (κ3) is 5.45. The monoisotopic (exact) mass is 531 g/mol. The van der Waals surface area contributed by atoms with E-state index < -0.39 is 21.2 Å². The van der Waals surface area contributed by atoms with E-state index in [0.717, 1.165) is 30.5 Å². The fourth-order valence-corrected chi connectivity index (χ4v) is 6.85. The lowest BCUT2D eigenvalue weighted by Gasteiger charge is -2.36. The highest BCUT2D eigenvalue weighted by Crippen LogP contribution is 2.40. The second-order valence-corrected chi connectivity index (χ2v) is 13.3. The van der Waals surface area contributed by atoms with Crippen LogP contribution in [0.1, 0.15) is 78.2 Å². The number of aromatic carboxylic acids is 1. The molecule has 202 valence electrons. The van der Waals surface area contributed by atoms with Crippen LogP contribution in [0, 0.1) is 10.8 Å². The topological polar surface area (TPSA) is 128 Å². The van der Waals surface area contributed by atoms with Crippen molar-refractivity contribution < 1.29 is 27.9 Å². The van der Waals surface area contributed by atoms with Crippen LogP contribution in [0.25, 0.3) is 0 Å². The first-order valence-electron chi connectivity index (χ1n) is 12.9. The summed E-state index contributed by atoms with van der Waals surface area (Å²) >= 11 is 0. The Morgan fingerprint density at radius 3 is 2.54 bits per heavy atom. The fourth-order valence-electron chi connectivity index (χ4n) is 5.70. The van der Waals surface area contributed by atoms with E-state index >= 15 is 0 Å². The predicted octanol–water partition coefficient (Wildman–Crippen LogP) is 3.29. The van der Waals surface area contributed by atoms with Gasteiger partial charge in [-0.15, -0.1) is 0 Å². The molecule has 1 fully saturated rings. The highest BCUT2D eigenvalue weighted by Gasteiger charge is 2.40. The molecule has 1 aromatic heterocycles. The molecule has 1 amide bonds. The average molecular weight is 532 g/mol. The summed E-state index contributed by atoms with van der Waals surface area (Å²) in [5, 5.41) is 17.8. The molecule has 0 saturated carbocycles. The van der Waals surface area contributed by atoms with E-state index in [9.17, 15) is 23.1 Å². The molecule has 0 aliphatic carbocycles. The first kappa shape index (κ1) is 27.3. The molecular formula is C27H37N3O6S. The number of ether oxygens (including phenoxy) is 1. The number of benzene rings is 1. The highest BCUT2D eigenvalue weighted by molar-refractivity contribution is 7.91. The molecule has 1 aromatic carbocycles. The van der Waals surface area contributed by atoms with E-state index in [1.165, 1.54) is 18.2 Å². The summed E-state index contributed by atoms with van der Waals surface area (Å²) in [6.07, 6.45) is 3.15. The predicted molar refractivity (Wildman–Crippen MR) is 139 cm³/mol. The summed E-state index contributed by atoms with van der Waals surface area (Å²) in [6, 6.07) is 4.44. The molecule has 0 radical (unpaired) electrons. The molecule has 0 atom stereocenters. The van der Waals surface area contributed by atoms with Gasteiger partial charge in [-0.1, -0.05) is 26.8 Å². The van der Waals surface area contributed by atoms with Crippen molar-refractivity contribution in [2.45, 2.75) is 71.2 Å². The van der Waals surface area contributed by atoms with Crippen LogP contribution < -0.4 is 5.32 Å². The summed E-state index contributed by atoms with van der Waals surface area (Å²) in [5.74, 6) is -1.38. The number of carboxylic acid groups (broad SMARTS) is 1. The molecule has 9 nitrogen and oxygen atoms in total. The number of aromatic nitrogens is 2. The number of hydrogen-bond donors (Lipinski definition) is 2. The quantitative estimate of drug-likeness (QED) is 0.535. The third-order valence-corrected chi connectivity index (χ3v) is 9.57. The summed E-state index contributed by atoms with van der Waals surface area (Å²) in [4.78, 5) is 25.3. The Morgan fingerprint density at radius 1 is 1.22 bits per heavy atom. The van der Waals surface area contributed by atoms with Gasteiger partial charge < -0.3 is 15.2 Å². The normalized spacial score (nSPS) is 17.8. The Morgan fingerprint density at radius 2 is 1.92 bits per heavy atom. The zero-order valence-corrected chi connectivity index (χ0v) is 22.9. The number of hydrogen-bond acceptors (Lipinski definition) is 6. The standard InChI is InChI=1S/C27H37N3O6S/c1-5-30-23-20(15-27(17-28-24(23)31)10-12-36-13-11-27)21(29-30)16-26(3,4)14-19-18(25(32)33)8-7-9-22(19)37(34,35)6-2/h7-9H,5-6,10-17H2,1-4H3,(H,28,31)(H,32,33). The third-order valence-electron chi connectivity index (χ3n) is 7.76. The zero-order chi connectivity index (χ0) is 27.0. The number of nitrogens with zero attached hydrogens (tertiary/aromatic N) is 2. The van der Waals surface area contributed by atoms with E-state index in [1.807, 2.05) is 20.8 Å². The molecule has 0 unspecified atom stereocenters. The largest absolute Gasteiger partial charge is 0.478 e. The number of carboxylic acids is 1. The summed E-state index contributed by atoms with van der Waals surface area (Å²) in [5.41, 5.74) is 2.06. The van der Waals surface area contributed by atoms with Crippen LogP contribution in [-0.2, 0) is 40.4 Å². The van der Waals surface area contributed by atoms with Crippen molar-refractivity contribution in [3.63, 3.8) is 0 Å². The molecule has 2 N–H and O–H groups in total. The number of sulfone groups is 1.